The predicted octanol–water partition coefficient (Wildman–Crippen LogP) is 4.81. The summed E-state index contributed by atoms with van der Waals surface area (Å²) in [6.07, 6.45) is 1.58. The van der Waals surface area contributed by atoms with Crippen molar-refractivity contribution in [1.29, 1.82) is 5.26 Å². The second-order valence-electron chi connectivity index (χ2n) is 8.19. The van der Waals surface area contributed by atoms with Crippen molar-refractivity contribution < 1.29 is 8.78 Å². The summed E-state index contributed by atoms with van der Waals surface area (Å²) in [4.78, 5) is 21.4. The summed E-state index contributed by atoms with van der Waals surface area (Å²) in [5.41, 5.74) is 0.248. The first-order valence-corrected chi connectivity index (χ1v) is 10.0. The average molecular weight is 438 g/mol. The van der Waals surface area contributed by atoms with Gasteiger partial charge in [0, 0.05) is 24.8 Å². The minimum absolute atomic E-state index is 0.0290. The molecular formula is C22H24F2N8. The highest BCUT2D eigenvalue weighted by atomic mass is 19.3. The largest absolute Gasteiger partial charge is 0.352 e. The molecule has 10 heteroatoms. The maximum absolute atomic E-state index is 13.8. The minimum atomic E-state index is -3.09. The maximum atomic E-state index is 13.8. The number of pyridine rings is 2. The lowest BCUT2D eigenvalue weighted by molar-refractivity contribution is 0.0129. The van der Waals surface area contributed by atoms with Crippen molar-refractivity contribution in [2.45, 2.75) is 52.0 Å². The highest BCUT2D eigenvalue weighted by Gasteiger charge is 2.27. The molecule has 32 heavy (non-hydrogen) atoms. The number of rotatable bonds is 7. The van der Waals surface area contributed by atoms with Gasteiger partial charge in [0.05, 0.1) is 17.2 Å². The second kappa shape index (κ2) is 8.78. The molecular weight excluding hydrogens is 414 g/mol. The highest BCUT2D eigenvalue weighted by molar-refractivity contribution is 5.59. The summed E-state index contributed by atoms with van der Waals surface area (Å²) < 4.78 is 27.5. The number of alkyl halides is 2. The molecule has 2 N–H and O–H groups in total. The van der Waals surface area contributed by atoms with E-state index in [0.717, 1.165) is 6.92 Å². The molecule has 3 aromatic rings. The predicted molar refractivity (Wildman–Crippen MR) is 118 cm³/mol. The first-order chi connectivity index (χ1) is 15.0. The molecule has 0 amide bonds. The van der Waals surface area contributed by atoms with E-state index in [9.17, 15) is 14.0 Å². The zero-order valence-corrected chi connectivity index (χ0v) is 18.5. The van der Waals surface area contributed by atoms with Gasteiger partial charge in [-0.1, -0.05) is 6.07 Å². The maximum Gasteiger partial charge on any atom is 0.286 e. The molecule has 0 fully saturated rings. The van der Waals surface area contributed by atoms with E-state index in [0.29, 0.717) is 11.4 Å². The van der Waals surface area contributed by atoms with Crippen LogP contribution in [0.25, 0.3) is 11.5 Å². The molecule has 8 nitrogen and oxygen atoms in total. The molecule has 0 radical (unpaired) electrons. The summed E-state index contributed by atoms with van der Waals surface area (Å²) in [7, 11) is 0. The third kappa shape index (κ3) is 5.49. The van der Waals surface area contributed by atoms with Crippen LogP contribution in [0, 0.1) is 11.3 Å². The van der Waals surface area contributed by atoms with Crippen molar-refractivity contribution >= 4 is 17.6 Å². The van der Waals surface area contributed by atoms with Crippen molar-refractivity contribution in [1.82, 2.24) is 24.9 Å². The number of aromatic nitrogens is 5. The van der Waals surface area contributed by atoms with Gasteiger partial charge < -0.3 is 10.6 Å². The van der Waals surface area contributed by atoms with Gasteiger partial charge in [0.25, 0.3) is 5.92 Å². The quantitative estimate of drug-likeness (QED) is 0.541. The SMILES string of the molecule is CC(C)Nc1nc(Nc2ccnc(C(C)(C)C#N)c2)nc(-c2cccc(C(C)(F)F)n2)n1. The van der Waals surface area contributed by atoms with Crippen LogP contribution in [0.4, 0.5) is 26.4 Å². The topological polar surface area (TPSA) is 112 Å². The number of nitriles is 1. The molecule has 0 saturated carbocycles. The molecule has 166 valence electrons. The molecule has 3 aromatic heterocycles. The van der Waals surface area contributed by atoms with Gasteiger partial charge in [0.15, 0.2) is 5.82 Å². The van der Waals surface area contributed by atoms with Gasteiger partial charge in [-0.05, 0) is 52.0 Å². The molecule has 0 aromatic carbocycles. The van der Waals surface area contributed by atoms with E-state index < -0.39 is 11.3 Å². The zero-order valence-electron chi connectivity index (χ0n) is 18.5. The van der Waals surface area contributed by atoms with E-state index in [-0.39, 0.29) is 35.2 Å². The molecule has 0 saturated heterocycles. The van der Waals surface area contributed by atoms with Crippen molar-refractivity contribution in [2.75, 3.05) is 10.6 Å². The Morgan fingerprint density at radius 3 is 2.34 bits per heavy atom. The highest BCUT2D eigenvalue weighted by Crippen LogP contribution is 2.28. The van der Waals surface area contributed by atoms with Crippen molar-refractivity contribution in [3.63, 3.8) is 0 Å². The number of nitrogens with one attached hydrogen (secondary N) is 2. The van der Waals surface area contributed by atoms with Gasteiger partial charge in [-0.15, -0.1) is 0 Å². The summed E-state index contributed by atoms with van der Waals surface area (Å²) in [5, 5.41) is 15.6. The Labute approximate surface area is 185 Å². The average Bonchev–Trinajstić information content (AvgIpc) is 2.73. The van der Waals surface area contributed by atoms with E-state index in [1.54, 1.807) is 38.2 Å². The molecule has 0 aliphatic rings. The van der Waals surface area contributed by atoms with Crippen LogP contribution >= 0.6 is 0 Å². The van der Waals surface area contributed by atoms with Crippen LogP contribution in [0.15, 0.2) is 36.5 Å². The smallest absolute Gasteiger partial charge is 0.286 e. The second-order valence-corrected chi connectivity index (χ2v) is 8.19. The Balaban J connectivity index is 2.03. The molecule has 3 rings (SSSR count). The lowest BCUT2D eigenvalue weighted by atomic mass is 9.91. The number of anilines is 3. The molecule has 0 unspecified atom stereocenters. The molecule has 0 atom stereocenters. The van der Waals surface area contributed by atoms with E-state index in [1.165, 1.54) is 12.1 Å². The van der Waals surface area contributed by atoms with Gasteiger partial charge in [0.1, 0.15) is 11.4 Å². The van der Waals surface area contributed by atoms with Crippen LogP contribution in [0.5, 0.6) is 0 Å². The Bertz CT molecular complexity index is 1150. The Morgan fingerprint density at radius 1 is 0.969 bits per heavy atom. The van der Waals surface area contributed by atoms with Gasteiger partial charge >= 0.3 is 0 Å². The Morgan fingerprint density at radius 2 is 1.69 bits per heavy atom. The van der Waals surface area contributed by atoms with E-state index in [2.05, 4.69) is 41.6 Å². The minimum Gasteiger partial charge on any atom is -0.352 e. The van der Waals surface area contributed by atoms with Crippen LogP contribution in [-0.4, -0.2) is 31.0 Å². The van der Waals surface area contributed by atoms with Gasteiger partial charge in [-0.3, -0.25) is 4.98 Å². The Hall–Kier alpha value is -3.74. The van der Waals surface area contributed by atoms with Crippen LogP contribution in [0.1, 0.15) is 46.0 Å². The Kier molecular flexibility index (Phi) is 6.30. The number of nitrogens with zero attached hydrogens (tertiary/aromatic N) is 6. The molecule has 3 heterocycles. The third-order valence-electron chi connectivity index (χ3n) is 4.42. The summed E-state index contributed by atoms with van der Waals surface area (Å²) in [6.45, 7) is 8.17. The van der Waals surface area contributed by atoms with Crippen LogP contribution in [0.3, 0.4) is 0 Å². The van der Waals surface area contributed by atoms with Gasteiger partial charge in [0.2, 0.25) is 11.9 Å². The fourth-order valence-electron chi connectivity index (χ4n) is 2.71. The summed E-state index contributed by atoms with van der Waals surface area (Å²) >= 11 is 0. The summed E-state index contributed by atoms with van der Waals surface area (Å²) in [6, 6.07) is 10.0. The van der Waals surface area contributed by atoms with Gasteiger partial charge in [-0.25, -0.2) is 4.98 Å². The summed E-state index contributed by atoms with van der Waals surface area (Å²) in [5.74, 6) is -2.48. The number of hydrogen-bond donors (Lipinski definition) is 2. The van der Waals surface area contributed by atoms with Gasteiger partial charge in [-0.2, -0.15) is 29.0 Å². The lowest BCUT2D eigenvalue weighted by Gasteiger charge is -2.16. The van der Waals surface area contributed by atoms with E-state index in [4.69, 9.17) is 0 Å². The van der Waals surface area contributed by atoms with Crippen LogP contribution < -0.4 is 10.6 Å². The number of hydrogen-bond acceptors (Lipinski definition) is 8. The normalized spacial score (nSPS) is 11.8. The van der Waals surface area contributed by atoms with Crippen LogP contribution in [0.2, 0.25) is 0 Å². The van der Waals surface area contributed by atoms with E-state index in [1.807, 2.05) is 13.8 Å². The van der Waals surface area contributed by atoms with E-state index >= 15 is 0 Å². The lowest BCUT2D eigenvalue weighted by Crippen LogP contribution is -2.16. The van der Waals surface area contributed by atoms with Crippen LogP contribution in [-0.2, 0) is 11.3 Å². The van der Waals surface area contributed by atoms with Crippen molar-refractivity contribution in [2.24, 2.45) is 0 Å². The molecule has 0 aliphatic carbocycles. The number of halogens is 2. The molecule has 0 spiro atoms. The monoisotopic (exact) mass is 438 g/mol. The molecule has 0 bridgehead atoms. The standard InChI is InChI=1S/C22H24F2N8/c1-13(2)27-19-30-18(15-7-6-8-16(29-15)22(5,23)24)31-20(32-19)28-14-9-10-26-17(11-14)21(3,4)12-25/h6-11,13H,1-5H3,(H2,26,27,28,30,31,32). The van der Waals surface area contributed by atoms with Crippen molar-refractivity contribution in [3.8, 4) is 17.6 Å². The fourth-order valence-corrected chi connectivity index (χ4v) is 2.71. The zero-order chi connectivity index (χ0) is 23.5. The third-order valence-corrected chi connectivity index (χ3v) is 4.42. The fraction of sp³-hybridized carbons (Fsp3) is 0.364. The first kappa shape index (κ1) is 22.9. The van der Waals surface area contributed by atoms with Crippen molar-refractivity contribution in [3.05, 3.63) is 47.9 Å². The first-order valence-electron chi connectivity index (χ1n) is 10.0. The molecule has 0 aliphatic heterocycles.